The number of carbonyl (C=O) groups is 2. The Morgan fingerprint density at radius 2 is 2.23 bits per heavy atom. The van der Waals surface area contributed by atoms with Crippen LogP contribution in [0.15, 0.2) is 23.8 Å². The van der Waals surface area contributed by atoms with Crippen molar-refractivity contribution in [2.45, 2.75) is 83.3 Å². The highest BCUT2D eigenvalue weighted by Gasteiger charge is 2.75. The van der Waals surface area contributed by atoms with Gasteiger partial charge in [0.05, 0.1) is 16.3 Å². The molecule has 3 saturated carbocycles. The van der Waals surface area contributed by atoms with Crippen LogP contribution in [0.3, 0.4) is 0 Å². The van der Waals surface area contributed by atoms with Crippen LogP contribution in [0.2, 0.25) is 0 Å². The van der Waals surface area contributed by atoms with Crippen molar-refractivity contribution in [3.63, 3.8) is 0 Å². The Balaban J connectivity index is 1.65. The number of hydrogen-bond donors (Lipinski definition) is 2. The zero-order valence-corrected chi connectivity index (χ0v) is 18.2. The predicted octanol–water partition coefficient (Wildman–Crippen LogP) is 2.72. The van der Waals surface area contributed by atoms with Crippen LogP contribution in [0.5, 0.6) is 0 Å². The number of aliphatic hydroxyl groups excluding tert-OH is 2. The van der Waals surface area contributed by atoms with Crippen LogP contribution in [-0.4, -0.2) is 52.5 Å². The van der Waals surface area contributed by atoms with Gasteiger partial charge < -0.3 is 19.7 Å². The lowest BCUT2D eigenvalue weighted by Gasteiger charge is -2.59. The number of fused-ring (bicyclic) bond motifs is 7. The van der Waals surface area contributed by atoms with E-state index < -0.39 is 77.3 Å². The molecule has 1 aliphatic heterocycles. The third-order valence-corrected chi connectivity index (χ3v) is 8.63. The summed E-state index contributed by atoms with van der Waals surface area (Å²) in [5.41, 5.74) is -4.16. The van der Waals surface area contributed by atoms with Crippen LogP contribution >= 0.6 is 0 Å². The van der Waals surface area contributed by atoms with E-state index in [0.29, 0.717) is 6.42 Å². The molecule has 4 aliphatic carbocycles. The van der Waals surface area contributed by atoms with Gasteiger partial charge in [-0.25, -0.2) is 0 Å². The van der Waals surface area contributed by atoms with E-state index >= 15 is 0 Å². The molecule has 2 N–H and O–H groups in total. The molecule has 6 nitrogen and oxygen atoms in total. The minimum Gasteiger partial charge on any atom is -0.393 e. The van der Waals surface area contributed by atoms with Crippen molar-refractivity contribution >= 4 is 11.6 Å². The first-order valence-corrected chi connectivity index (χ1v) is 11.3. The number of ketones is 2. The summed E-state index contributed by atoms with van der Waals surface area (Å²) in [5, 5.41) is 21.6. The van der Waals surface area contributed by atoms with Gasteiger partial charge in [-0.05, 0) is 56.0 Å². The summed E-state index contributed by atoms with van der Waals surface area (Å²) < 4.78 is 55.8. The number of hydrogen-bond acceptors (Lipinski definition) is 6. The summed E-state index contributed by atoms with van der Waals surface area (Å²) >= 11 is 0. The smallest absolute Gasteiger partial charge is 0.193 e. The number of rotatable bonds is 4. The van der Waals surface area contributed by atoms with Crippen LogP contribution in [0.4, 0.5) is 0 Å². The zero-order valence-electron chi connectivity index (χ0n) is 23.2. The molecule has 0 aromatic rings. The molecule has 0 amide bonds. The van der Waals surface area contributed by atoms with Gasteiger partial charge >= 0.3 is 0 Å². The second kappa shape index (κ2) is 7.08. The molecule has 31 heavy (non-hydrogen) atoms. The summed E-state index contributed by atoms with van der Waals surface area (Å²) in [6.45, 7) is 4.49. The maximum atomic E-state index is 13.4. The first kappa shape index (κ1) is 16.3. The molecule has 4 fully saturated rings. The normalized spacial score (nSPS) is 57.3. The molecule has 5 rings (SSSR count). The van der Waals surface area contributed by atoms with Gasteiger partial charge in [0.25, 0.3) is 0 Å². The van der Waals surface area contributed by atoms with Crippen LogP contribution in [-0.2, 0) is 19.1 Å². The zero-order chi connectivity index (χ0) is 26.6. The highest BCUT2D eigenvalue weighted by molar-refractivity contribution is 6.01. The van der Waals surface area contributed by atoms with Crippen molar-refractivity contribution in [3.05, 3.63) is 23.8 Å². The van der Waals surface area contributed by atoms with Crippen molar-refractivity contribution in [1.82, 2.24) is 0 Å². The van der Waals surface area contributed by atoms with E-state index in [1.54, 1.807) is 13.8 Å². The minimum atomic E-state index is -2.09. The molecule has 6 heteroatoms. The SMILES string of the molecule is [2H]C1=CC(=O)C([2H])=C2C([2H])([2H])C[C@@H]3[C@H]([C@@H](O)C[C@@]4(C)[C@H]3C[C@H]3OC([2H])(CCC)O[C@]34C(=O)CO)[C@@]12C. The average molecular weight is 436 g/mol. The molecule has 170 valence electrons. The number of ether oxygens (including phenoxy) is 2. The Bertz CT molecular complexity index is 1090. The lowest BCUT2D eigenvalue weighted by molar-refractivity contribution is -0.200. The topological polar surface area (TPSA) is 93.1 Å². The Hall–Kier alpha value is -1.34. The van der Waals surface area contributed by atoms with Crippen molar-refractivity contribution < 1.29 is 36.1 Å². The lowest BCUT2D eigenvalue weighted by Crippen LogP contribution is -2.63. The summed E-state index contributed by atoms with van der Waals surface area (Å²) in [6, 6.07) is -0.586. The summed E-state index contributed by atoms with van der Waals surface area (Å²) in [4.78, 5) is 25.8. The van der Waals surface area contributed by atoms with Gasteiger partial charge in [-0.15, -0.1) is 0 Å². The monoisotopic (exact) mass is 435 g/mol. The number of Topliss-reactive ketones (excluding diaryl/α,β-unsaturated/α-hetero) is 1. The summed E-state index contributed by atoms with van der Waals surface area (Å²) in [7, 11) is 0. The van der Waals surface area contributed by atoms with E-state index in [0.717, 1.165) is 6.08 Å². The molecule has 5 aliphatic rings. The van der Waals surface area contributed by atoms with E-state index in [2.05, 4.69) is 0 Å². The standard InChI is InChI=1S/C25H34O6/c1-4-5-21-30-20-11-17-16-7-6-14-10-15(27)8-9-23(14,2)22(16)18(28)12-24(17,3)25(20,31-21)19(29)13-26/h8-10,16-18,20-22,26,28H,4-7,11-13H2,1-3H3/t16-,17-,18-,20+,21?,22+,23-,24-,25+/m0/s1/i6D2,9D,10D,21D. The van der Waals surface area contributed by atoms with Crippen molar-refractivity contribution in [3.8, 4) is 0 Å². The van der Waals surface area contributed by atoms with Crippen molar-refractivity contribution in [2.24, 2.45) is 28.6 Å². The molecule has 0 aromatic carbocycles. The Morgan fingerprint density at radius 1 is 1.45 bits per heavy atom. The number of carbonyl (C=O) groups excluding carboxylic acids is 2. The molecule has 0 aromatic heterocycles. The molecule has 0 spiro atoms. The largest absolute Gasteiger partial charge is 0.393 e. The van der Waals surface area contributed by atoms with Gasteiger partial charge in [0, 0.05) is 19.5 Å². The molecular formula is C25H34O6. The maximum Gasteiger partial charge on any atom is 0.193 e. The highest BCUT2D eigenvalue weighted by Crippen LogP contribution is 2.69. The third-order valence-electron chi connectivity index (χ3n) is 8.63. The first-order chi connectivity index (χ1) is 16.6. The molecule has 0 bridgehead atoms. The molecule has 9 atom stereocenters. The van der Waals surface area contributed by atoms with Gasteiger partial charge in [0.2, 0.25) is 0 Å². The van der Waals surface area contributed by atoms with Gasteiger partial charge in [-0.1, -0.05) is 38.8 Å². The minimum absolute atomic E-state index is 0.0487. The van der Waals surface area contributed by atoms with E-state index in [9.17, 15) is 19.8 Å². The van der Waals surface area contributed by atoms with Gasteiger partial charge in [0.1, 0.15) is 6.61 Å². The fourth-order valence-electron chi connectivity index (χ4n) is 7.38. The third kappa shape index (κ3) is 2.65. The Kier molecular flexibility index (Phi) is 3.72. The molecule has 1 unspecified atom stereocenters. The Morgan fingerprint density at radius 3 is 2.94 bits per heavy atom. The van der Waals surface area contributed by atoms with Crippen LogP contribution < -0.4 is 0 Å². The van der Waals surface area contributed by atoms with E-state index in [4.69, 9.17) is 16.3 Å². The van der Waals surface area contributed by atoms with Crippen LogP contribution in [0, 0.1) is 28.6 Å². The summed E-state index contributed by atoms with van der Waals surface area (Å²) in [5.74, 6) is -2.90. The molecule has 0 radical (unpaired) electrons. The van der Waals surface area contributed by atoms with Gasteiger partial charge in [0.15, 0.2) is 23.4 Å². The number of aliphatic hydroxyl groups is 2. The fraction of sp³-hybridized carbons (Fsp3) is 0.760. The van der Waals surface area contributed by atoms with E-state index in [1.807, 2.05) is 6.92 Å². The van der Waals surface area contributed by atoms with Crippen LogP contribution in [0.1, 0.15) is 66.1 Å². The molecule has 1 saturated heterocycles. The van der Waals surface area contributed by atoms with Crippen LogP contribution in [0.25, 0.3) is 0 Å². The average Bonchev–Trinajstić information content (AvgIpc) is 3.18. The predicted molar refractivity (Wildman–Crippen MR) is 113 cm³/mol. The second-order valence-electron chi connectivity index (χ2n) is 10.1. The van der Waals surface area contributed by atoms with Crippen molar-refractivity contribution in [2.75, 3.05) is 6.61 Å². The molecular weight excluding hydrogens is 396 g/mol. The molecule has 1 heterocycles. The maximum absolute atomic E-state index is 13.4. The second-order valence-corrected chi connectivity index (χ2v) is 10.1. The quantitative estimate of drug-likeness (QED) is 0.705. The number of allylic oxidation sites excluding steroid dienone is 4. The van der Waals surface area contributed by atoms with E-state index in [1.165, 1.54) is 0 Å². The Labute approximate surface area is 190 Å². The fourth-order valence-corrected chi connectivity index (χ4v) is 7.38. The lowest BCUT2D eigenvalue weighted by atomic mass is 9.46. The highest BCUT2D eigenvalue weighted by atomic mass is 16.7. The first-order valence-electron chi connectivity index (χ1n) is 13.8. The van der Waals surface area contributed by atoms with Gasteiger partial charge in [-0.3, -0.25) is 9.59 Å². The van der Waals surface area contributed by atoms with E-state index in [-0.39, 0.29) is 43.2 Å². The summed E-state index contributed by atoms with van der Waals surface area (Å²) in [6.07, 6.45) is -3.73. The van der Waals surface area contributed by atoms with Gasteiger partial charge in [-0.2, -0.15) is 0 Å². The van der Waals surface area contributed by atoms with Crippen molar-refractivity contribution in [1.29, 1.82) is 0 Å².